The SMILES string of the molecule is c1cc(-c2cccc3oc4ccccc4c23)cc(N(c2ccccc2-c2cc3ccccc3c3ccccc23)c2cccc3oc4ccccc4c23)c1. The lowest BCUT2D eigenvalue weighted by molar-refractivity contribution is 0.668. The highest BCUT2D eigenvalue weighted by atomic mass is 16.3. The molecule has 0 atom stereocenters. The maximum atomic E-state index is 6.47. The number of hydrogen-bond donors (Lipinski definition) is 0. The van der Waals surface area contributed by atoms with E-state index in [1.54, 1.807) is 0 Å². The fourth-order valence-corrected chi connectivity index (χ4v) is 8.35. The Morgan fingerprint density at radius 1 is 0.321 bits per heavy atom. The minimum atomic E-state index is 0.855. The fourth-order valence-electron chi connectivity index (χ4n) is 8.35. The molecule has 53 heavy (non-hydrogen) atoms. The summed E-state index contributed by atoms with van der Waals surface area (Å²) in [6.45, 7) is 0. The molecular formula is C50H31NO2. The normalized spacial score (nSPS) is 11.8. The number of furan rings is 2. The lowest BCUT2D eigenvalue weighted by Gasteiger charge is -2.29. The van der Waals surface area contributed by atoms with E-state index in [0.717, 1.165) is 77.6 Å². The van der Waals surface area contributed by atoms with Crippen molar-refractivity contribution in [3.63, 3.8) is 0 Å². The average molecular weight is 678 g/mol. The number of fused-ring (bicyclic) bond motifs is 9. The maximum Gasteiger partial charge on any atom is 0.137 e. The zero-order valence-electron chi connectivity index (χ0n) is 28.7. The van der Waals surface area contributed by atoms with Gasteiger partial charge in [-0.3, -0.25) is 0 Å². The molecule has 9 aromatic carbocycles. The predicted octanol–water partition coefficient (Wildman–Crippen LogP) is 14.6. The third kappa shape index (κ3) is 4.61. The van der Waals surface area contributed by atoms with Crippen molar-refractivity contribution in [3.05, 3.63) is 188 Å². The van der Waals surface area contributed by atoms with Crippen molar-refractivity contribution in [2.24, 2.45) is 0 Å². The van der Waals surface area contributed by atoms with Gasteiger partial charge in [0.25, 0.3) is 0 Å². The second kappa shape index (κ2) is 11.7. The van der Waals surface area contributed by atoms with Crippen molar-refractivity contribution in [2.75, 3.05) is 4.90 Å². The molecule has 0 saturated carbocycles. The Morgan fingerprint density at radius 3 is 1.68 bits per heavy atom. The van der Waals surface area contributed by atoms with Gasteiger partial charge in [-0.05, 0) is 92.8 Å². The van der Waals surface area contributed by atoms with Gasteiger partial charge in [-0.15, -0.1) is 0 Å². The Kier molecular flexibility index (Phi) is 6.55. The average Bonchev–Trinajstić information content (AvgIpc) is 3.80. The summed E-state index contributed by atoms with van der Waals surface area (Å²) in [6, 6.07) is 66.9. The molecule has 248 valence electrons. The highest BCUT2D eigenvalue weighted by molar-refractivity contribution is 6.17. The summed E-state index contributed by atoms with van der Waals surface area (Å²) in [4.78, 5) is 2.42. The van der Waals surface area contributed by atoms with Gasteiger partial charge >= 0.3 is 0 Å². The summed E-state index contributed by atoms with van der Waals surface area (Å²) in [7, 11) is 0. The molecule has 0 spiro atoms. The van der Waals surface area contributed by atoms with E-state index in [1.807, 2.05) is 18.2 Å². The molecule has 0 bridgehead atoms. The third-order valence-corrected chi connectivity index (χ3v) is 10.6. The molecule has 0 aliphatic heterocycles. The summed E-state index contributed by atoms with van der Waals surface area (Å²) in [6.07, 6.45) is 0. The van der Waals surface area contributed by atoms with Crippen molar-refractivity contribution in [1.29, 1.82) is 0 Å². The number of nitrogens with zero attached hydrogens (tertiary/aromatic N) is 1. The second-order valence-corrected chi connectivity index (χ2v) is 13.6. The molecule has 3 heteroatoms. The first-order valence-electron chi connectivity index (χ1n) is 18.0. The van der Waals surface area contributed by atoms with Gasteiger partial charge in [-0.1, -0.05) is 133 Å². The molecule has 3 nitrogen and oxygen atoms in total. The monoisotopic (exact) mass is 677 g/mol. The van der Waals surface area contributed by atoms with Crippen molar-refractivity contribution in [2.45, 2.75) is 0 Å². The number of rotatable bonds is 5. The highest BCUT2D eigenvalue weighted by Gasteiger charge is 2.23. The van der Waals surface area contributed by atoms with E-state index in [9.17, 15) is 0 Å². The van der Waals surface area contributed by atoms with Gasteiger partial charge in [0.05, 0.1) is 16.8 Å². The van der Waals surface area contributed by atoms with Crippen LogP contribution >= 0.6 is 0 Å². The molecule has 0 amide bonds. The smallest absolute Gasteiger partial charge is 0.137 e. The van der Waals surface area contributed by atoms with Crippen molar-refractivity contribution < 1.29 is 8.83 Å². The Hall–Kier alpha value is -7.10. The molecule has 2 aromatic heterocycles. The number of benzene rings is 9. The van der Waals surface area contributed by atoms with Gasteiger partial charge in [-0.2, -0.15) is 0 Å². The van der Waals surface area contributed by atoms with E-state index >= 15 is 0 Å². The molecule has 0 aliphatic carbocycles. The Bertz CT molecular complexity index is 3200. The van der Waals surface area contributed by atoms with Crippen molar-refractivity contribution >= 4 is 82.5 Å². The Balaban J connectivity index is 1.21. The summed E-state index contributed by atoms with van der Waals surface area (Å²) < 4.78 is 12.8. The third-order valence-electron chi connectivity index (χ3n) is 10.6. The van der Waals surface area contributed by atoms with Gasteiger partial charge < -0.3 is 13.7 Å². The summed E-state index contributed by atoms with van der Waals surface area (Å²) in [5, 5.41) is 9.33. The van der Waals surface area contributed by atoms with E-state index in [1.165, 1.54) is 27.1 Å². The van der Waals surface area contributed by atoms with Crippen LogP contribution in [0.3, 0.4) is 0 Å². The van der Waals surface area contributed by atoms with Crippen LogP contribution in [-0.2, 0) is 0 Å². The van der Waals surface area contributed by atoms with Crippen LogP contribution in [0.2, 0.25) is 0 Å². The van der Waals surface area contributed by atoms with E-state index < -0.39 is 0 Å². The summed E-state index contributed by atoms with van der Waals surface area (Å²) in [5.41, 5.74) is 11.3. The minimum Gasteiger partial charge on any atom is -0.456 e. The number of anilines is 3. The van der Waals surface area contributed by atoms with Gasteiger partial charge in [0.1, 0.15) is 22.3 Å². The molecule has 11 aromatic rings. The van der Waals surface area contributed by atoms with Gasteiger partial charge in [0.15, 0.2) is 0 Å². The van der Waals surface area contributed by atoms with E-state index in [4.69, 9.17) is 8.83 Å². The van der Waals surface area contributed by atoms with E-state index in [-0.39, 0.29) is 0 Å². The van der Waals surface area contributed by atoms with Crippen LogP contribution in [-0.4, -0.2) is 0 Å². The van der Waals surface area contributed by atoms with Crippen LogP contribution in [0.15, 0.2) is 197 Å². The lowest BCUT2D eigenvalue weighted by Crippen LogP contribution is -2.12. The first-order chi connectivity index (χ1) is 26.3. The van der Waals surface area contributed by atoms with Gasteiger partial charge in [0.2, 0.25) is 0 Å². The fraction of sp³-hybridized carbons (Fsp3) is 0. The molecule has 2 heterocycles. The first kappa shape index (κ1) is 29.6. The molecule has 0 saturated heterocycles. The summed E-state index contributed by atoms with van der Waals surface area (Å²) in [5.74, 6) is 0. The van der Waals surface area contributed by atoms with Crippen LogP contribution in [0.4, 0.5) is 17.1 Å². The number of para-hydroxylation sites is 3. The van der Waals surface area contributed by atoms with Gasteiger partial charge in [-0.25, -0.2) is 0 Å². The zero-order chi connectivity index (χ0) is 34.9. The Labute approximate surface area is 305 Å². The van der Waals surface area contributed by atoms with Crippen LogP contribution < -0.4 is 4.90 Å². The van der Waals surface area contributed by atoms with E-state index in [0.29, 0.717) is 0 Å². The molecule has 0 aliphatic rings. The van der Waals surface area contributed by atoms with Crippen molar-refractivity contribution in [3.8, 4) is 22.3 Å². The molecule has 11 rings (SSSR count). The standard InChI is InChI=1S/C50H31NO2/c1-2-17-35-33(14-1)31-42(38-19-4-3-18-37(35)38)39-20-5-8-24-43(39)51(44-25-13-29-48-50(44)41-22-7-10-27-46(41)53-48)34-16-11-15-32(30-34)36-23-12-28-47-49(36)40-21-6-9-26-45(40)52-47/h1-31H. The quantitative estimate of drug-likeness (QED) is 0.170. The van der Waals surface area contributed by atoms with Crippen molar-refractivity contribution in [1.82, 2.24) is 0 Å². The largest absolute Gasteiger partial charge is 0.456 e. The maximum absolute atomic E-state index is 6.47. The van der Waals surface area contributed by atoms with E-state index in [2.05, 4.69) is 175 Å². The van der Waals surface area contributed by atoms with Gasteiger partial charge in [0, 0.05) is 27.4 Å². The molecule has 0 unspecified atom stereocenters. The highest BCUT2D eigenvalue weighted by Crippen LogP contribution is 2.48. The van der Waals surface area contributed by atoms with Crippen LogP contribution in [0.5, 0.6) is 0 Å². The topological polar surface area (TPSA) is 29.5 Å². The molecule has 0 fully saturated rings. The molecule has 0 radical (unpaired) electrons. The van der Waals surface area contributed by atoms with Crippen LogP contribution in [0.1, 0.15) is 0 Å². The number of hydrogen-bond acceptors (Lipinski definition) is 3. The second-order valence-electron chi connectivity index (χ2n) is 13.6. The van der Waals surface area contributed by atoms with Crippen LogP contribution in [0.25, 0.3) is 87.7 Å². The predicted molar refractivity (Wildman–Crippen MR) is 222 cm³/mol. The summed E-state index contributed by atoms with van der Waals surface area (Å²) >= 11 is 0. The minimum absolute atomic E-state index is 0.855. The van der Waals surface area contributed by atoms with Crippen LogP contribution in [0, 0.1) is 0 Å². The Morgan fingerprint density at radius 2 is 0.868 bits per heavy atom. The molecule has 0 N–H and O–H groups in total. The zero-order valence-corrected chi connectivity index (χ0v) is 28.7. The molecular weight excluding hydrogens is 647 g/mol. The lowest BCUT2D eigenvalue weighted by atomic mass is 9.92. The first-order valence-corrected chi connectivity index (χ1v) is 18.0.